The van der Waals surface area contributed by atoms with Gasteiger partial charge < -0.3 is 15.1 Å². The molecule has 0 radical (unpaired) electrons. The predicted molar refractivity (Wildman–Crippen MR) is 116 cm³/mol. The summed E-state index contributed by atoms with van der Waals surface area (Å²) in [5.41, 5.74) is 0.946. The van der Waals surface area contributed by atoms with Crippen molar-refractivity contribution in [1.82, 2.24) is 15.1 Å². The summed E-state index contributed by atoms with van der Waals surface area (Å²) in [5.74, 6) is 0.657. The van der Waals surface area contributed by atoms with E-state index < -0.39 is 0 Å². The lowest BCUT2D eigenvalue weighted by Crippen LogP contribution is -2.38. The second-order valence-electron chi connectivity index (χ2n) is 6.53. The summed E-state index contributed by atoms with van der Waals surface area (Å²) >= 11 is 0. The van der Waals surface area contributed by atoms with Crippen LogP contribution in [0.3, 0.4) is 0 Å². The molecule has 1 aromatic carbocycles. The Hall–Kier alpha value is -0.890. The van der Waals surface area contributed by atoms with Crippen LogP contribution in [0.15, 0.2) is 29.3 Å². The fourth-order valence-electron chi connectivity index (χ4n) is 2.65. The third-order valence-corrected chi connectivity index (χ3v) is 3.95. The van der Waals surface area contributed by atoms with E-state index in [-0.39, 0.29) is 29.8 Å². The first-order chi connectivity index (χ1) is 11.5. The fourth-order valence-corrected chi connectivity index (χ4v) is 2.65. The molecule has 0 atom stereocenters. The molecule has 1 aromatic rings. The molecule has 0 fully saturated rings. The Morgan fingerprint density at radius 2 is 1.76 bits per heavy atom. The van der Waals surface area contributed by atoms with E-state index in [1.54, 1.807) is 19.2 Å². The maximum Gasteiger partial charge on any atom is 0.193 e. The van der Waals surface area contributed by atoms with Crippen molar-refractivity contribution in [2.45, 2.75) is 38.6 Å². The third kappa shape index (κ3) is 11.4. The van der Waals surface area contributed by atoms with Crippen LogP contribution in [0.2, 0.25) is 0 Å². The number of guanidine groups is 1. The second kappa shape index (κ2) is 14.3. The van der Waals surface area contributed by atoms with E-state index in [9.17, 15) is 4.39 Å². The third-order valence-electron chi connectivity index (χ3n) is 3.95. The summed E-state index contributed by atoms with van der Waals surface area (Å²) in [7, 11) is 8.00. The van der Waals surface area contributed by atoms with Gasteiger partial charge in [-0.15, -0.1) is 24.0 Å². The maximum atomic E-state index is 13.3. The molecule has 144 valence electrons. The van der Waals surface area contributed by atoms with E-state index in [0.717, 1.165) is 24.5 Å². The number of hydrogen-bond acceptors (Lipinski definition) is 2. The fraction of sp³-hybridized carbons (Fsp3) is 0.632. The van der Waals surface area contributed by atoms with Gasteiger partial charge in [-0.05, 0) is 51.2 Å². The molecule has 0 aliphatic heterocycles. The molecule has 6 heteroatoms. The molecule has 1 N–H and O–H groups in total. The van der Waals surface area contributed by atoms with Crippen LogP contribution in [-0.4, -0.2) is 57.0 Å². The number of unbranched alkanes of at least 4 members (excludes halogenated alkanes) is 4. The van der Waals surface area contributed by atoms with E-state index in [1.807, 2.05) is 18.0 Å². The minimum absolute atomic E-state index is 0. The largest absolute Gasteiger partial charge is 0.356 e. The van der Waals surface area contributed by atoms with Crippen LogP contribution >= 0.6 is 24.0 Å². The zero-order chi connectivity index (χ0) is 17.8. The average molecular weight is 464 g/mol. The van der Waals surface area contributed by atoms with Crippen LogP contribution in [0.5, 0.6) is 0 Å². The van der Waals surface area contributed by atoms with E-state index in [4.69, 9.17) is 0 Å². The summed E-state index contributed by atoms with van der Waals surface area (Å²) in [6.45, 7) is 2.74. The Morgan fingerprint density at radius 3 is 2.40 bits per heavy atom. The lowest BCUT2D eigenvalue weighted by molar-refractivity contribution is 0.389. The van der Waals surface area contributed by atoms with Gasteiger partial charge in [-0.1, -0.05) is 31.4 Å². The summed E-state index contributed by atoms with van der Waals surface area (Å²) in [5, 5.41) is 3.39. The maximum absolute atomic E-state index is 13.3. The van der Waals surface area contributed by atoms with Crippen molar-refractivity contribution < 1.29 is 4.39 Å². The topological polar surface area (TPSA) is 30.9 Å². The molecule has 0 saturated carbocycles. The number of nitrogens with zero attached hydrogens (tertiary/aromatic N) is 3. The highest BCUT2D eigenvalue weighted by Crippen LogP contribution is 2.07. The lowest BCUT2D eigenvalue weighted by Gasteiger charge is -2.22. The molecule has 4 nitrogen and oxygen atoms in total. The number of aliphatic imine (C=N–C) groups is 1. The Morgan fingerprint density at radius 1 is 1.08 bits per heavy atom. The van der Waals surface area contributed by atoms with Crippen LogP contribution < -0.4 is 5.32 Å². The molecule has 0 spiro atoms. The SMILES string of the molecule is CN=C(NCCCCCCCN(C)C)N(C)Cc1cccc(F)c1.I. The zero-order valence-corrected chi connectivity index (χ0v) is 18.4. The van der Waals surface area contributed by atoms with E-state index in [2.05, 4.69) is 29.3 Å². The van der Waals surface area contributed by atoms with Crippen molar-refractivity contribution in [2.24, 2.45) is 4.99 Å². The van der Waals surface area contributed by atoms with Gasteiger partial charge in [0.25, 0.3) is 0 Å². The minimum Gasteiger partial charge on any atom is -0.356 e. The van der Waals surface area contributed by atoms with Crippen LogP contribution in [0.25, 0.3) is 0 Å². The van der Waals surface area contributed by atoms with E-state index in [1.165, 1.54) is 38.3 Å². The van der Waals surface area contributed by atoms with E-state index >= 15 is 0 Å². The minimum atomic E-state index is -0.196. The van der Waals surface area contributed by atoms with Crippen LogP contribution in [-0.2, 0) is 6.54 Å². The van der Waals surface area contributed by atoms with E-state index in [0.29, 0.717) is 6.54 Å². The average Bonchev–Trinajstić information content (AvgIpc) is 2.53. The van der Waals surface area contributed by atoms with Crippen LogP contribution in [0.4, 0.5) is 4.39 Å². The van der Waals surface area contributed by atoms with Gasteiger partial charge in [0.05, 0.1) is 0 Å². The van der Waals surface area contributed by atoms with Crippen molar-refractivity contribution in [1.29, 1.82) is 0 Å². The highest BCUT2D eigenvalue weighted by molar-refractivity contribution is 14.0. The number of benzene rings is 1. The highest BCUT2D eigenvalue weighted by atomic mass is 127. The smallest absolute Gasteiger partial charge is 0.193 e. The van der Waals surface area contributed by atoms with Crippen molar-refractivity contribution in [3.8, 4) is 0 Å². The molecular weight excluding hydrogens is 430 g/mol. The quantitative estimate of drug-likeness (QED) is 0.246. The van der Waals surface area contributed by atoms with Gasteiger partial charge in [-0.25, -0.2) is 4.39 Å². The van der Waals surface area contributed by atoms with Gasteiger partial charge in [0.1, 0.15) is 5.82 Å². The van der Waals surface area contributed by atoms with Crippen molar-refractivity contribution in [3.63, 3.8) is 0 Å². The molecule has 1 rings (SSSR count). The molecule has 0 unspecified atom stereocenters. The molecule has 25 heavy (non-hydrogen) atoms. The van der Waals surface area contributed by atoms with Crippen LogP contribution in [0.1, 0.15) is 37.7 Å². The van der Waals surface area contributed by atoms with Gasteiger partial charge in [0.15, 0.2) is 5.96 Å². The Kier molecular flexibility index (Phi) is 13.8. The van der Waals surface area contributed by atoms with Gasteiger partial charge in [-0.3, -0.25) is 4.99 Å². The number of nitrogens with one attached hydrogen (secondary N) is 1. The Labute approximate surface area is 169 Å². The summed E-state index contributed by atoms with van der Waals surface area (Å²) < 4.78 is 13.3. The lowest BCUT2D eigenvalue weighted by atomic mass is 10.1. The summed E-state index contributed by atoms with van der Waals surface area (Å²) in [6.07, 6.45) is 6.25. The molecule has 0 aliphatic rings. The Bertz CT molecular complexity index is 494. The first-order valence-corrected chi connectivity index (χ1v) is 8.84. The zero-order valence-electron chi connectivity index (χ0n) is 16.1. The number of rotatable bonds is 10. The molecule has 0 saturated heterocycles. The predicted octanol–water partition coefficient (Wildman–Crippen LogP) is 3.96. The Balaban J connectivity index is 0.00000576. The molecule has 0 heterocycles. The molecular formula is C19H34FIN4. The molecule has 0 amide bonds. The van der Waals surface area contributed by atoms with Gasteiger partial charge >= 0.3 is 0 Å². The molecule has 0 aliphatic carbocycles. The van der Waals surface area contributed by atoms with Gasteiger partial charge in [0, 0.05) is 27.2 Å². The van der Waals surface area contributed by atoms with Crippen molar-refractivity contribution in [2.75, 3.05) is 41.3 Å². The summed E-state index contributed by atoms with van der Waals surface area (Å²) in [4.78, 5) is 8.56. The molecule has 0 aromatic heterocycles. The number of halogens is 2. The van der Waals surface area contributed by atoms with Crippen molar-refractivity contribution in [3.05, 3.63) is 35.6 Å². The highest BCUT2D eigenvalue weighted by Gasteiger charge is 2.06. The standard InChI is InChI=1S/C19H33FN4.HI/c1-21-19(22-13-8-6-5-7-9-14-23(2)3)24(4)16-17-11-10-12-18(20)15-17;/h10-12,15H,5-9,13-14,16H2,1-4H3,(H,21,22);1H. The first-order valence-electron chi connectivity index (χ1n) is 8.84. The number of hydrogen-bond donors (Lipinski definition) is 1. The monoisotopic (exact) mass is 464 g/mol. The van der Waals surface area contributed by atoms with Gasteiger partial charge in [0.2, 0.25) is 0 Å². The van der Waals surface area contributed by atoms with Crippen molar-refractivity contribution >= 4 is 29.9 Å². The van der Waals surface area contributed by atoms with Gasteiger partial charge in [-0.2, -0.15) is 0 Å². The molecule has 0 bridgehead atoms. The van der Waals surface area contributed by atoms with Crippen LogP contribution in [0, 0.1) is 5.82 Å². The second-order valence-corrected chi connectivity index (χ2v) is 6.53. The summed E-state index contributed by atoms with van der Waals surface area (Å²) in [6, 6.07) is 6.71. The normalized spacial score (nSPS) is 11.4. The first kappa shape index (κ1) is 24.1.